The fourth-order valence-electron chi connectivity index (χ4n) is 5.39. The van der Waals surface area contributed by atoms with Crippen LogP contribution in [-0.4, -0.2) is 71.5 Å². The molecule has 0 aliphatic carbocycles. The summed E-state index contributed by atoms with van der Waals surface area (Å²) in [5.74, 6) is -5.46. The Labute approximate surface area is 320 Å². The number of ketones is 2. The molecule has 4 atom stereocenters. The monoisotopic (exact) mass is 798 g/mol. The molecule has 2 N–H and O–H groups in total. The van der Waals surface area contributed by atoms with Crippen LogP contribution < -0.4 is 0 Å². The molecule has 0 radical (unpaired) electrons. The van der Waals surface area contributed by atoms with Crippen molar-refractivity contribution in [2.45, 2.75) is 42.7 Å². The van der Waals surface area contributed by atoms with Crippen molar-refractivity contribution >= 4 is 78.0 Å². The normalized spacial score (nSPS) is 22.5. The number of ether oxygens (including phenoxy) is 3. The number of rotatable bonds is 9. The van der Waals surface area contributed by atoms with Gasteiger partial charge in [-0.05, 0) is 97.1 Å². The average Bonchev–Trinajstić information content (AvgIpc) is 3.30. The van der Waals surface area contributed by atoms with E-state index < -0.39 is 61.3 Å². The molecule has 9 nitrogen and oxygen atoms in total. The molecule has 1 heterocycles. The Balaban J connectivity index is 1.79. The van der Waals surface area contributed by atoms with Crippen LogP contribution >= 0.6 is 46.4 Å². The van der Waals surface area contributed by atoms with E-state index in [0.29, 0.717) is 10.0 Å². The molecule has 14 heteroatoms. The highest BCUT2D eigenvalue weighted by Crippen LogP contribution is 2.51. The van der Waals surface area contributed by atoms with Gasteiger partial charge in [0.05, 0.1) is 11.1 Å². The predicted octanol–water partition coefficient (Wildman–Crippen LogP) is 7.52. The van der Waals surface area contributed by atoms with Crippen molar-refractivity contribution in [1.29, 1.82) is 0 Å². The smallest absolute Gasteiger partial charge is 0.339 e. The third-order valence-electron chi connectivity index (χ3n) is 8.05. The van der Waals surface area contributed by atoms with Crippen molar-refractivity contribution in [3.05, 3.63) is 139 Å². The number of esters is 2. The van der Waals surface area contributed by atoms with Gasteiger partial charge in [0.15, 0.2) is 6.10 Å². The molecule has 1 aliphatic heterocycles. The van der Waals surface area contributed by atoms with Gasteiger partial charge in [0, 0.05) is 31.2 Å². The number of aliphatic hydroxyl groups is 2. The number of hydrogen-bond donors (Lipinski definition) is 2. The van der Waals surface area contributed by atoms with E-state index in [4.69, 9.17) is 60.6 Å². The quantitative estimate of drug-likeness (QED) is 0.0763. The zero-order valence-electron chi connectivity index (χ0n) is 27.8. The van der Waals surface area contributed by atoms with Crippen molar-refractivity contribution in [3.8, 4) is 11.5 Å². The molecule has 0 aromatic heterocycles. The first-order valence-electron chi connectivity index (χ1n) is 15.6. The third kappa shape index (κ3) is 7.69. The lowest BCUT2D eigenvalue weighted by atomic mass is 9.70. The Morgan fingerprint density at radius 2 is 1.04 bits per heavy atom. The lowest BCUT2D eigenvalue weighted by Gasteiger charge is -2.41. The molecule has 0 spiro atoms. The van der Waals surface area contributed by atoms with E-state index in [1.54, 1.807) is 0 Å². The van der Waals surface area contributed by atoms with Gasteiger partial charge in [0.2, 0.25) is 22.8 Å². The van der Waals surface area contributed by atoms with Crippen molar-refractivity contribution in [2.24, 2.45) is 0 Å². The van der Waals surface area contributed by atoms with Crippen LogP contribution in [0.3, 0.4) is 0 Å². The Bertz CT molecular complexity index is 2070. The van der Waals surface area contributed by atoms with E-state index in [9.17, 15) is 29.4 Å². The first-order chi connectivity index (χ1) is 24.4. The molecular formula is C38H30Cl4O9Si. The molecule has 0 bridgehead atoms. The maximum atomic E-state index is 14.8. The predicted molar refractivity (Wildman–Crippen MR) is 199 cm³/mol. The van der Waals surface area contributed by atoms with E-state index in [1.165, 1.54) is 97.1 Å². The maximum Gasteiger partial charge on any atom is 0.339 e. The molecule has 0 amide bonds. The number of carbonyl (C=O) groups excluding carboxylic acids is 4. The largest absolute Gasteiger partial charge is 0.459 e. The van der Waals surface area contributed by atoms with Gasteiger partial charge in [-0.2, -0.15) is 0 Å². The van der Waals surface area contributed by atoms with E-state index >= 15 is 0 Å². The summed E-state index contributed by atoms with van der Waals surface area (Å²) in [5.41, 5.74) is -4.00. The zero-order chi connectivity index (χ0) is 38.1. The minimum absolute atomic E-state index is 0.0549. The first kappa shape index (κ1) is 39.2. The summed E-state index contributed by atoms with van der Waals surface area (Å²) < 4.78 is 17.7. The minimum Gasteiger partial charge on any atom is -0.459 e. The van der Waals surface area contributed by atoms with Crippen molar-refractivity contribution < 1.29 is 43.6 Å². The third-order valence-corrected chi connectivity index (χ3v) is 9.93. The second-order valence-corrected chi connectivity index (χ2v) is 19.4. The fourth-order valence-corrected chi connectivity index (χ4v) is 6.45. The summed E-state index contributed by atoms with van der Waals surface area (Å²) in [6.45, 7) is 4.59. The van der Waals surface area contributed by atoms with Gasteiger partial charge in [-0.1, -0.05) is 72.0 Å². The Morgan fingerprint density at radius 3 is 1.46 bits per heavy atom. The number of hydrogen-bond acceptors (Lipinski definition) is 9. The van der Waals surface area contributed by atoms with E-state index in [1.807, 2.05) is 19.6 Å². The summed E-state index contributed by atoms with van der Waals surface area (Å²) in [4.78, 5) is 56.6. The molecule has 0 saturated carbocycles. The maximum absolute atomic E-state index is 14.8. The minimum atomic E-state index is -3.53. The van der Waals surface area contributed by atoms with E-state index in [0.717, 1.165) is 0 Å². The van der Waals surface area contributed by atoms with Crippen molar-refractivity contribution in [2.75, 3.05) is 6.61 Å². The highest BCUT2D eigenvalue weighted by molar-refractivity contribution is 6.83. The van der Waals surface area contributed by atoms with Crippen molar-refractivity contribution in [1.82, 2.24) is 0 Å². The van der Waals surface area contributed by atoms with Crippen LogP contribution in [0.5, 0.6) is 0 Å². The van der Waals surface area contributed by atoms with Crippen LogP contribution in [0.15, 0.2) is 97.1 Å². The van der Waals surface area contributed by atoms with E-state index in [-0.39, 0.29) is 32.3 Å². The Morgan fingerprint density at radius 1 is 0.654 bits per heavy atom. The SMILES string of the molecule is C[Si](C)(C)C#C[C@@]1(OC(=O)c2ccc(Cl)cc2)[C@@H](COC(=O)c2ccc(Cl)cc2)OC(O)(C(=O)c2ccc(Cl)cc2)[C@@]1(O)C(=O)c1ccc(Cl)cc1. The number of halogens is 4. The topological polar surface area (TPSA) is 136 Å². The molecule has 268 valence electrons. The van der Waals surface area contributed by atoms with Gasteiger partial charge < -0.3 is 24.4 Å². The van der Waals surface area contributed by atoms with Gasteiger partial charge in [-0.25, -0.2) is 9.59 Å². The van der Waals surface area contributed by atoms with Crippen molar-refractivity contribution in [3.63, 3.8) is 0 Å². The number of Topliss-reactive ketones (excluding diaryl/α,β-unsaturated/α-hetero) is 2. The molecular weight excluding hydrogens is 770 g/mol. The molecule has 4 aromatic rings. The molecule has 4 aromatic carbocycles. The Kier molecular flexibility index (Phi) is 11.4. The second-order valence-electron chi connectivity index (χ2n) is 12.9. The van der Waals surface area contributed by atoms with Crippen LogP contribution in [0.1, 0.15) is 41.4 Å². The molecule has 1 fully saturated rings. The highest BCUT2D eigenvalue weighted by Gasteiger charge is 2.82. The van der Waals surface area contributed by atoms with Crippen LogP contribution in [-0.2, 0) is 14.2 Å². The van der Waals surface area contributed by atoms with Gasteiger partial charge in [0.1, 0.15) is 14.7 Å². The van der Waals surface area contributed by atoms with Gasteiger partial charge >= 0.3 is 11.9 Å². The number of carbonyl (C=O) groups is 4. The molecule has 52 heavy (non-hydrogen) atoms. The summed E-state index contributed by atoms with van der Waals surface area (Å²) in [6, 6.07) is 21.5. The summed E-state index contributed by atoms with van der Waals surface area (Å²) >= 11 is 24.2. The lowest BCUT2D eigenvalue weighted by molar-refractivity contribution is -0.217. The van der Waals surface area contributed by atoms with Crippen LogP contribution in [0, 0.1) is 11.5 Å². The molecule has 5 rings (SSSR count). The van der Waals surface area contributed by atoms with Gasteiger partial charge in [0.25, 0.3) is 5.79 Å². The summed E-state index contributed by atoms with van der Waals surface area (Å²) in [7, 11) is -2.54. The molecule has 1 saturated heterocycles. The summed E-state index contributed by atoms with van der Waals surface area (Å²) in [5, 5.41) is 26.7. The lowest BCUT2D eigenvalue weighted by Crippen LogP contribution is -2.71. The van der Waals surface area contributed by atoms with Gasteiger partial charge in [-0.15, -0.1) is 5.54 Å². The highest BCUT2D eigenvalue weighted by atomic mass is 35.5. The average molecular weight is 801 g/mol. The van der Waals surface area contributed by atoms with Crippen LogP contribution in [0.25, 0.3) is 0 Å². The second kappa shape index (κ2) is 15.1. The van der Waals surface area contributed by atoms with Crippen LogP contribution in [0.2, 0.25) is 39.7 Å². The van der Waals surface area contributed by atoms with E-state index in [2.05, 4.69) is 11.5 Å². The zero-order valence-corrected chi connectivity index (χ0v) is 31.8. The first-order valence-corrected chi connectivity index (χ1v) is 20.6. The molecule has 1 unspecified atom stereocenters. The standard InChI is InChI=1S/C38H30Cl4O9Si/c1-52(2,3)21-20-36(51-35(46)26-10-18-30(42)19-11-26)31(22-49-34(45)25-8-16-29(41)17-9-25)50-38(48,33(44)24-6-14-28(40)15-7-24)37(36,47)32(43)23-4-12-27(39)13-5-23/h4-19,31,47-48H,22H2,1-3H3/t31-,36-,37-,38?/m1/s1. The summed E-state index contributed by atoms with van der Waals surface area (Å²) in [6.07, 6.45) is -1.97. The van der Waals surface area contributed by atoms with Gasteiger partial charge in [-0.3, -0.25) is 9.59 Å². The van der Waals surface area contributed by atoms with Crippen LogP contribution in [0.4, 0.5) is 0 Å². The fraction of sp³-hybridized carbons (Fsp3) is 0.211. The molecule has 1 aliphatic rings. The number of benzene rings is 4. The Hall–Kier alpha value is -4.02.